The maximum Gasteiger partial charge on any atom is 0.241 e. The zero-order valence-electron chi connectivity index (χ0n) is 13.8. The van der Waals surface area contributed by atoms with E-state index in [4.69, 9.17) is 0 Å². The number of H-pyrrole nitrogens is 1. The van der Waals surface area contributed by atoms with E-state index in [2.05, 4.69) is 25.6 Å². The standard InChI is InChI=1S/C18H18FN5O/c1-10-7-15-17(21-9-10)24-16(23-15)12-8-11(4-5-13(12)19)22-18(25)14-3-2-6-20-14/h4-5,7-9,14,20H,2-3,6H2,1H3,(H,22,25)(H,21,23,24). The predicted octanol–water partition coefficient (Wildman–Crippen LogP) is 2.76. The number of fused-ring (bicyclic) bond motifs is 1. The summed E-state index contributed by atoms with van der Waals surface area (Å²) < 4.78 is 14.3. The van der Waals surface area contributed by atoms with Crippen LogP contribution in [0.4, 0.5) is 10.1 Å². The number of hydrogen-bond donors (Lipinski definition) is 3. The number of halogens is 1. The zero-order chi connectivity index (χ0) is 17.4. The summed E-state index contributed by atoms with van der Waals surface area (Å²) >= 11 is 0. The van der Waals surface area contributed by atoms with Crippen molar-refractivity contribution in [1.29, 1.82) is 0 Å². The van der Waals surface area contributed by atoms with Crippen molar-refractivity contribution in [1.82, 2.24) is 20.3 Å². The number of nitrogens with one attached hydrogen (secondary N) is 3. The first kappa shape index (κ1) is 15.7. The molecule has 7 heteroatoms. The van der Waals surface area contributed by atoms with Crippen molar-refractivity contribution in [3.8, 4) is 11.4 Å². The topological polar surface area (TPSA) is 82.7 Å². The first-order valence-electron chi connectivity index (χ1n) is 8.27. The minimum absolute atomic E-state index is 0.100. The summed E-state index contributed by atoms with van der Waals surface area (Å²) in [5.41, 5.74) is 3.12. The molecule has 0 saturated carbocycles. The summed E-state index contributed by atoms with van der Waals surface area (Å²) in [4.78, 5) is 23.9. The summed E-state index contributed by atoms with van der Waals surface area (Å²) in [5.74, 6) is -0.120. The Morgan fingerprint density at radius 1 is 1.36 bits per heavy atom. The summed E-state index contributed by atoms with van der Waals surface area (Å²) in [7, 11) is 0. The van der Waals surface area contributed by atoms with Crippen LogP contribution >= 0.6 is 0 Å². The molecule has 3 N–H and O–H groups in total. The molecule has 128 valence electrons. The molecule has 0 radical (unpaired) electrons. The lowest BCUT2D eigenvalue weighted by Gasteiger charge is -2.12. The third kappa shape index (κ3) is 3.10. The van der Waals surface area contributed by atoms with E-state index in [1.54, 1.807) is 18.3 Å². The molecule has 2 aromatic heterocycles. The molecule has 1 aliphatic rings. The van der Waals surface area contributed by atoms with Gasteiger partial charge in [0.1, 0.15) is 11.6 Å². The lowest BCUT2D eigenvalue weighted by molar-refractivity contribution is -0.117. The third-order valence-electron chi connectivity index (χ3n) is 4.34. The third-order valence-corrected chi connectivity index (χ3v) is 4.34. The van der Waals surface area contributed by atoms with E-state index in [0.29, 0.717) is 22.7 Å². The predicted molar refractivity (Wildman–Crippen MR) is 93.7 cm³/mol. The van der Waals surface area contributed by atoms with Gasteiger partial charge in [-0.15, -0.1) is 0 Å². The monoisotopic (exact) mass is 339 g/mol. The number of imidazole rings is 1. The van der Waals surface area contributed by atoms with E-state index in [-0.39, 0.29) is 11.9 Å². The number of rotatable bonds is 3. The number of aromatic nitrogens is 3. The number of aryl methyl sites for hydroxylation is 1. The Bertz CT molecular complexity index is 946. The Balaban J connectivity index is 1.65. The number of carbonyl (C=O) groups is 1. The van der Waals surface area contributed by atoms with Crippen LogP contribution in [-0.4, -0.2) is 33.4 Å². The van der Waals surface area contributed by atoms with Crippen molar-refractivity contribution < 1.29 is 9.18 Å². The first-order valence-corrected chi connectivity index (χ1v) is 8.27. The van der Waals surface area contributed by atoms with E-state index in [1.807, 2.05) is 13.0 Å². The highest BCUT2D eigenvalue weighted by Gasteiger charge is 2.22. The second kappa shape index (κ2) is 6.25. The average molecular weight is 339 g/mol. The van der Waals surface area contributed by atoms with Crippen molar-refractivity contribution in [2.45, 2.75) is 25.8 Å². The van der Waals surface area contributed by atoms with Gasteiger partial charge in [0, 0.05) is 11.9 Å². The van der Waals surface area contributed by atoms with Crippen LogP contribution in [0.15, 0.2) is 30.5 Å². The first-order chi connectivity index (χ1) is 12.1. The van der Waals surface area contributed by atoms with Crippen molar-refractivity contribution in [3.63, 3.8) is 0 Å². The van der Waals surface area contributed by atoms with Crippen LogP contribution in [0.5, 0.6) is 0 Å². The van der Waals surface area contributed by atoms with Crippen LogP contribution in [0.1, 0.15) is 18.4 Å². The maximum absolute atomic E-state index is 14.3. The molecule has 0 spiro atoms. The summed E-state index contributed by atoms with van der Waals surface area (Å²) in [6, 6.07) is 6.20. The smallest absolute Gasteiger partial charge is 0.241 e. The molecule has 1 saturated heterocycles. The Hall–Kier alpha value is -2.80. The fourth-order valence-electron chi connectivity index (χ4n) is 3.05. The van der Waals surface area contributed by atoms with Crippen molar-refractivity contribution in [2.24, 2.45) is 0 Å². The van der Waals surface area contributed by atoms with Crippen LogP contribution in [0.2, 0.25) is 0 Å². The minimum atomic E-state index is -0.409. The van der Waals surface area contributed by atoms with E-state index < -0.39 is 5.82 Å². The molecule has 1 fully saturated rings. The number of amides is 1. The molecule has 1 unspecified atom stereocenters. The molecule has 4 rings (SSSR count). The van der Waals surface area contributed by atoms with Gasteiger partial charge in [-0.2, -0.15) is 0 Å². The Morgan fingerprint density at radius 2 is 2.24 bits per heavy atom. The van der Waals surface area contributed by atoms with E-state index in [1.165, 1.54) is 6.07 Å². The van der Waals surface area contributed by atoms with Crippen LogP contribution in [0.3, 0.4) is 0 Å². The molecular weight excluding hydrogens is 321 g/mol. The second-order valence-electron chi connectivity index (χ2n) is 6.30. The van der Waals surface area contributed by atoms with Crippen LogP contribution in [-0.2, 0) is 4.79 Å². The van der Waals surface area contributed by atoms with Gasteiger partial charge in [-0.3, -0.25) is 4.79 Å². The number of nitrogens with zero attached hydrogens (tertiary/aromatic N) is 2. The fraction of sp³-hybridized carbons (Fsp3) is 0.278. The Labute approximate surface area is 143 Å². The van der Waals surface area contributed by atoms with Crippen molar-refractivity contribution >= 4 is 22.8 Å². The van der Waals surface area contributed by atoms with E-state index >= 15 is 0 Å². The van der Waals surface area contributed by atoms with Crippen LogP contribution < -0.4 is 10.6 Å². The molecule has 1 aliphatic heterocycles. The lowest BCUT2D eigenvalue weighted by atomic mass is 10.1. The number of carbonyl (C=O) groups excluding carboxylic acids is 1. The number of pyridine rings is 1. The molecule has 0 bridgehead atoms. The van der Waals surface area contributed by atoms with Crippen molar-refractivity contribution in [3.05, 3.63) is 41.8 Å². The molecule has 25 heavy (non-hydrogen) atoms. The zero-order valence-corrected chi connectivity index (χ0v) is 13.8. The van der Waals surface area contributed by atoms with Gasteiger partial charge in [0.2, 0.25) is 5.91 Å². The highest BCUT2D eigenvalue weighted by atomic mass is 19.1. The summed E-state index contributed by atoms with van der Waals surface area (Å²) in [6.45, 7) is 2.78. The molecule has 3 heterocycles. The van der Waals surface area contributed by atoms with Gasteiger partial charge in [-0.1, -0.05) is 0 Å². The summed E-state index contributed by atoms with van der Waals surface area (Å²) in [6.07, 6.45) is 3.52. The van der Waals surface area contributed by atoms with Gasteiger partial charge >= 0.3 is 0 Å². The van der Waals surface area contributed by atoms with Gasteiger partial charge in [-0.05, 0) is 56.1 Å². The maximum atomic E-state index is 14.3. The summed E-state index contributed by atoms with van der Waals surface area (Å²) in [5, 5.41) is 5.98. The molecule has 6 nitrogen and oxygen atoms in total. The molecule has 1 amide bonds. The lowest BCUT2D eigenvalue weighted by Crippen LogP contribution is -2.35. The minimum Gasteiger partial charge on any atom is -0.336 e. The molecule has 1 atom stereocenters. The van der Waals surface area contributed by atoms with Gasteiger partial charge in [-0.25, -0.2) is 14.4 Å². The molecule has 1 aromatic carbocycles. The molecule has 3 aromatic rings. The molecular formula is C18H18FN5O. The molecule has 0 aliphatic carbocycles. The van der Waals surface area contributed by atoms with Gasteiger partial charge < -0.3 is 15.6 Å². The van der Waals surface area contributed by atoms with Crippen LogP contribution in [0, 0.1) is 12.7 Å². The second-order valence-corrected chi connectivity index (χ2v) is 6.30. The van der Waals surface area contributed by atoms with Gasteiger partial charge in [0.25, 0.3) is 0 Å². The SMILES string of the molecule is Cc1cnc2nc(-c3cc(NC(=O)C4CCCN4)ccc3F)[nH]c2c1. The number of anilines is 1. The highest BCUT2D eigenvalue weighted by molar-refractivity contribution is 5.95. The average Bonchev–Trinajstić information content (AvgIpc) is 3.25. The van der Waals surface area contributed by atoms with Gasteiger partial charge in [0.15, 0.2) is 5.65 Å². The van der Waals surface area contributed by atoms with Crippen molar-refractivity contribution in [2.75, 3.05) is 11.9 Å². The quantitative estimate of drug-likeness (QED) is 0.685. The van der Waals surface area contributed by atoms with E-state index in [9.17, 15) is 9.18 Å². The van der Waals surface area contributed by atoms with Crippen LogP contribution in [0.25, 0.3) is 22.6 Å². The van der Waals surface area contributed by atoms with E-state index in [0.717, 1.165) is 30.5 Å². The number of hydrogen-bond acceptors (Lipinski definition) is 4. The fourth-order valence-corrected chi connectivity index (χ4v) is 3.05. The number of aromatic amines is 1. The van der Waals surface area contributed by atoms with Gasteiger partial charge in [0.05, 0.1) is 17.1 Å². The Kier molecular flexibility index (Phi) is 3.93. The largest absolute Gasteiger partial charge is 0.336 e. The normalized spacial score (nSPS) is 17.1. The Morgan fingerprint density at radius 3 is 3.04 bits per heavy atom. The number of benzene rings is 1. The highest BCUT2D eigenvalue weighted by Crippen LogP contribution is 2.26.